The van der Waals surface area contributed by atoms with Crippen molar-refractivity contribution in [3.05, 3.63) is 0 Å². The van der Waals surface area contributed by atoms with Gasteiger partial charge in [0, 0.05) is 38.8 Å². The fraction of sp³-hybridized carbons (Fsp3) is 1.00. The molecule has 0 radical (unpaired) electrons. The second kappa shape index (κ2) is 5.25. The van der Waals surface area contributed by atoms with Crippen LogP contribution in [-0.4, -0.2) is 60.8 Å². The molecular formula is C14H28N2O. The summed E-state index contributed by atoms with van der Waals surface area (Å²) < 4.78 is 5.59. The van der Waals surface area contributed by atoms with Gasteiger partial charge in [-0.05, 0) is 39.7 Å². The normalized spacial score (nSPS) is 31.8. The zero-order valence-corrected chi connectivity index (χ0v) is 11.9. The predicted octanol–water partition coefficient (Wildman–Crippen LogP) is 1.97. The molecule has 100 valence electrons. The van der Waals surface area contributed by atoms with Crippen molar-refractivity contribution in [1.82, 2.24) is 9.80 Å². The van der Waals surface area contributed by atoms with Crippen LogP contribution in [0.4, 0.5) is 0 Å². The van der Waals surface area contributed by atoms with Crippen LogP contribution in [0, 0.1) is 0 Å². The molecule has 2 fully saturated rings. The van der Waals surface area contributed by atoms with Crippen molar-refractivity contribution >= 4 is 0 Å². The van der Waals surface area contributed by atoms with E-state index in [4.69, 9.17) is 4.74 Å². The van der Waals surface area contributed by atoms with E-state index in [1.165, 1.54) is 38.9 Å². The summed E-state index contributed by atoms with van der Waals surface area (Å²) in [6.45, 7) is 11.6. The molecule has 2 aliphatic rings. The van der Waals surface area contributed by atoms with Crippen LogP contribution in [0.25, 0.3) is 0 Å². The Morgan fingerprint density at radius 1 is 1.29 bits per heavy atom. The molecule has 2 aliphatic heterocycles. The Hall–Kier alpha value is -0.120. The lowest BCUT2D eigenvalue weighted by Gasteiger charge is -2.46. The number of rotatable bonds is 4. The van der Waals surface area contributed by atoms with E-state index >= 15 is 0 Å². The van der Waals surface area contributed by atoms with Gasteiger partial charge < -0.3 is 4.74 Å². The van der Waals surface area contributed by atoms with Crippen molar-refractivity contribution in [2.45, 2.75) is 57.7 Å². The molecule has 3 nitrogen and oxygen atoms in total. The van der Waals surface area contributed by atoms with Gasteiger partial charge in [0.1, 0.15) is 0 Å². The molecule has 2 rings (SSSR count). The Morgan fingerprint density at radius 3 is 2.71 bits per heavy atom. The van der Waals surface area contributed by atoms with Gasteiger partial charge in [-0.1, -0.05) is 6.92 Å². The summed E-state index contributed by atoms with van der Waals surface area (Å²) in [5, 5.41) is 0. The first-order valence-corrected chi connectivity index (χ1v) is 7.09. The smallest absolute Gasteiger partial charge is 0.0749 e. The first kappa shape index (κ1) is 13.3. The molecule has 0 amide bonds. The highest BCUT2D eigenvalue weighted by Crippen LogP contribution is 2.27. The third kappa shape index (κ3) is 3.01. The number of methoxy groups -OCH3 is 1. The molecule has 0 saturated carbocycles. The lowest BCUT2D eigenvalue weighted by Crippen LogP contribution is -2.58. The summed E-state index contributed by atoms with van der Waals surface area (Å²) in [7, 11) is 1.83. The maximum absolute atomic E-state index is 5.59. The van der Waals surface area contributed by atoms with E-state index in [0.29, 0.717) is 0 Å². The van der Waals surface area contributed by atoms with Crippen LogP contribution in [0.5, 0.6) is 0 Å². The van der Waals surface area contributed by atoms with E-state index in [-0.39, 0.29) is 5.60 Å². The van der Waals surface area contributed by atoms with Crippen LogP contribution in [0.2, 0.25) is 0 Å². The first-order chi connectivity index (χ1) is 8.05. The molecule has 0 aliphatic carbocycles. The number of hydrogen-bond donors (Lipinski definition) is 0. The number of fused-ring (bicyclic) bond motifs is 1. The molecule has 2 heterocycles. The van der Waals surface area contributed by atoms with E-state index in [9.17, 15) is 0 Å². The van der Waals surface area contributed by atoms with Crippen LogP contribution in [0.3, 0.4) is 0 Å². The summed E-state index contributed by atoms with van der Waals surface area (Å²) >= 11 is 0. The number of hydrogen-bond acceptors (Lipinski definition) is 3. The van der Waals surface area contributed by atoms with Crippen LogP contribution in [0.1, 0.15) is 40.0 Å². The van der Waals surface area contributed by atoms with Crippen molar-refractivity contribution in [2.75, 3.05) is 33.3 Å². The van der Waals surface area contributed by atoms with Gasteiger partial charge in [-0.15, -0.1) is 0 Å². The van der Waals surface area contributed by atoms with Crippen molar-refractivity contribution < 1.29 is 4.74 Å². The van der Waals surface area contributed by atoms with E-state index in [1.54, 1.807) is 0 Å². The van der Waals surface area contributed by atoms with E-state index in [2.05, 4.69) is 30.6 Å². The van der Waals surface area contributed by atoms with Gasteiger partial charge in [0.05, 0.1) is 5.60 Å². The second-order valence-electron chi connectivity index (χ2n) is 6.25. The molecular weight excluding hydrogens is 212 g/mol. The molecule has 0 N–H and O–H groups in total. The largest absolute Gasteiger partial charge is 0.377 e. The van der Waals surface area contributed by atoms with Gasteiger partial charge in [0.2, 0.25) is 0 Å². The molecule has 2 atom stereocenters. The molecule has 2 saturated heterocycles. The maximum atomic E-state index is 5.59. The summed E-state index contributed by atoms with van der Waals surface area (Å²) in [4.78, 5) is 5.36. The lowest BCUT2D eigenvalue weighted by atomic mass is 10.0. The van der Waals surface area contributed by atoms with Crippen molar-refractivity contribution in [3.63, 3.8) is 0 Å². The van der Waals surface area contributed by atoms with Gasteiger partial charge in [-0.3, -0.25) is 9.80 Å². The summed E-state index contributed by atoms with van der Waals surface area (Å²) in [6, 6.07) is 1.53. The minimum atomic E-state index is -0.0196. The quantitative estimate of drug-likeness (QED) is 0.747. The summed E-state index contributed by atoms with van der Waals surface area (Å²) in [6.07, 6.45) is 4.03. The summed E-state index contributed by atoms with van der Waals surface area (Å²) in [5.41, 5.74) is -0.0196. The molecule has 0 bridgehead atoms. The standard InChI is InChI=1S/C14H28N2O/c1-5-12-9-15-8-6-7-13(15)10-16(12)11-14(2,3)17-4/h12-13H,5-11H2,1-4H3. The van der Waals surface area contributed by atoms with Crippen LogP contribution >= 0.6 is 0 Å². The van der Waals surface area contributed by atoms with Crippen molar-refractivity contribution in [2.24, 2.45) is 0 Å². The average Bonchev–Trinajstić information content (AvgIpc) is 2.74. The van der Waals surface area contributed by atoms with Crippen LogP contribution in [-0.2, 0) is 4.74 Å². The highest BCUT2D eigenvalue weighted by Gasteiger charge is 2.37. The number of piperazine rings is 1. The Labute approximate surface area is 106 Å². The Kier molecular flexibility index (Phi) is 4.11. The SMILES string of the molecule is CCC1CN2CCCC2CN1CC(C)(C)OC. The van der Waals surface area contributed by atoms with Gasteiger partial charge >= 0.3 is 0 Å². The highest BCUT2D eigenvalue weighted by molar-refractivity contribution is 4.93. The maximum Gasteiger partial charge on any atom is 0.0749 e. The third-order valence-electron chi connectivity index (χ3n) is 4.51. The summed E-state index contributed by atoms with van der Waals surface area (Å²) in [5.74, 6) is 0. The zero-order chi connectivity index (χ0) is 12.5. The molecule has 0 aromatic heterocycles. The monoisotopic (exact) mass is 240 g/mol. The van der Waals surface area contributed by atoms with E-state index < -0.39 is 0 Å². The Bertz CT molecular complexity index is 255. The molecule has 17 heavy (non-hydrogen) atoms. The Balaban J connectivity index is 1.99. The van der Waals surface area contributed by atoms with Gasteiger partial charge in [0.25, 0.3) is 0 Å². The topological polar surface area (TPSA) is 15.7 Å². The van der Waals surface area contributed by atoms with E-state index in [1.807, 2.05) is 7.11 Å². The van der Waals surface area contributed by atoms with Crippen molar-refractivity contribution in [1.29, 1.82) is 0 Å². The molecule has 2 unspecified atom stereocenters. The fourth-order valence-corrected chi connectivity index (χ4v) is 3.28. The van der Waals surface area contributed by atoms with Crippen LogP contribution in [0.15, 0.2) is 0 Å². The van der Waals surface area contributed by atoms with Gasteiger partial charge in [-0.2, -0.15) is 0 Å². The zero-order valence-electron chi connectivity index (χ0n) is 11.9. The molecule has 0 aromatic carbocycles. The minimum absolute atomic E-state index is 0.0196. The first-order valence-electron chi connectivity index (χ1n) is 7.09. The highest BCUT2D eigenvalue weighted by atomic mass is 16.5. The Morgan fingerprint density at radius 2 is 2.06 bits per heavy atom. The van der Waals surface area contributed by atoms with Crippen molar-refractivity contribution in [3.8, 4) is 0 Å². The number of ether oxygens (including phenoxy) is 1. The van der Waals surface area contributed by atoms with E-state index in [0.717, 1.165) is 18.6 Å². The van der Waals surface area contributed by atoms with Gasteiger partial charge in [-0.25, -0.2) is 0 Å². The molecule has 3 heteroatoms. The third-order valence-corrected chi connectivity index (χ3v) is 4.51. The van der Waals surface area contributed by atoms with Gasteiger partial charge in [0.15, 0.2) is 0 Å². The number of nitrogens with zero attached hydrogens (tertiary/aromatic N) is 2. The lowest BCUT2D eigenvalue weighted by molar-refractivity contribution is -0.0428. The average molecular weight is 240 g/mol. The molecule has 0 spiro atoms. The molecule has 0 aromatic rings. The fourth-order valence-electron chi connectivity index (χ4n) is 3.28. The minimum Gasteiger partial charge on any atom is -0.377 e. The predicted molar refractivity (Wildman–Crippen MR) is 71.3 cm³/mol. The van der Waals surface area contributed by atoms with Crippen LogP contribution < -0.4 is 0 Å². The second-order valence-corrected chi connectivity index (χ2v) is 6.25.